The van der Waals surface area contributed by atoms with Crippen LogP contribution in [0.25, 0.3) is 0 Å². The minimum atomic E-state index is -0.220. The van der Waals surface area contributed by atoms with Gasteiger partial charge in [-0.15, -0.1) is 0 Å². The van der Waals surface area contributed by atoms with Crippen molar-refractivity contribution in [2.75, 3.05) is 6.61 Å². The van der Waals surface area contributed by atoms with Crippen molar-refractivity contribution in [3.05, 3.63) is 65.7 Å². The molecule has 0 amide bonds. The van der Waals surface area contributed by atoms with E-state index in [1.54, 1.807) is 0 Å². The predicted octanol–water partition coefficient (Wildman–Crippen LogP) is 4.17. The average molecular weight is 283 g/mol. The first-order valence-electron chi connectivity index (χ1n) is 7.70. The standard InChI is InChI=1S/C19H25NO/c1-3-19(20,4-2)15-21-18-12-10-17(11-13-18)14-16-8-6-5-7-9-16/h5-13H,3-4,14-15,20H2,1-2H3. The highest BCUT2D eigenvalue weighted by Gasteiger charge is 2.20. The molecule has 0 aromatic heterocycles. The summed E-state index contributed by atoms with van der Waals surface area (Å²) in [6, 6.07) is 18.8. The van der Waals surface area contributed by atoms with Crippen LogP contribution in [0.15, 0.2) is 54.6 Å². The first kappa shape index (κ1) is 15.6. The fourth-order valence-corrected chi connectivity index (χ4v) is 2.22. The van der Waals surface area contributed by atoms with Crippen LogP contribution in [-0.2, 0) is 6.42 Å². The number of hydrogen-bond acceptors (Lipinski definition) is 2. The normalized spacial score (nSPS) is 11.4. The number of benzene rings is 2. The van der Waals surface area contributed by atoms with Crippen LogP contribution < -0.4 is 10.5 Å². The van der Waals surface area contributed by atoms with Crippen LogP contribution in [0.3, 0.4) is 0 Å². The molecule has 0 saturated heterocycles. The molecule has 2 aromatic rings. The molecule has 0 fully saturated rings. The number of hydrogen-bond donors (Lipinski definition) is 1. The van der Waals surface area contributed by atoms with E-state index in [9.17, 15) is 0 Å². The third-order valence-electron chi connectivity index (χ3n) is 4.11. The highest BCUT2D eigenvalue weighted by Crippen LogP contribution is 2.18. The second kappa shape index (κ2) is 7.28. The molecule has 0 radical (unpaired) electrons. The third-order valence-corrected chi connectivity index (χ3v) is 4.11. The van der Waals surface area contributed by atoms with E-state index in [1.807, 2.05) is 18.2 Å². The Bertz CT molecular complexity index is 529. The summed E-state index contributed by atoms with van der Waals surface area (Å²) in [6.45, 7) is 4.78. The Morgan fingerprint density at radius 2 is 1.43 bits per heavy atom. The molecule has 0 unspecified atom stereocenters. The molecule has 2 aromatic carbocycles. The van der Waals surface area contributed by atoms with Crippen LogP contribution in [-0.4, -0.2) is 12.1 Å². The number of ether oxygens (including phenoxy) is 1. The summed E-state index contributed by atoms with van der Waals surface area (Å²) in [5, 5.41) is 0. The largest absolute Gasteiger partial charge is 0.492 e. The maximum atomic E-state index is 6.25. The second-order valence-electron chi connectivity index (χ2n) is 5.66. The summed E-state index contributed by atoms with van der Waals surface area (Å²) in [6.07, 6.45) is 2.80. The van der Waals surface area contributed by atoms with Gasteiger partial charge in [-0.25, -0.2) is 0 Å². The van der Waals surface area contributed by atoms with Crippen molar-refractivity contribution < 1.29 is 4.74 Å². The van der Waals surface area contributed by atoms with Gasteiger partial charge in [-0.3, -0.25) is 0 Å². The Labute approximate surface area is 127 Å². The van der Waals surface area contributed by atoms with Crippen molar-refractivity contribution in [3.8, 4) is 5.75 Å². The molecule has 0 saturated carbocycles. The summed E-state index contributed by atoms with van der Waals surface area (Å²) in [5.74, 6) is 0.892. The van der Waals surface area contributed by atoms with E-state index >= 15 is 0 Å². The number of nitrogens with two attached hydrogens (primary N) is 1. The molecule has 0 heterocycles. The van der Waals surface area contributed by atoms with Gasteiger partial charge in [0.25, 0.3) is 0 Å². The topological polar surface area (TPSA) is 35.2 Å². The van der Waals surface area contributed by atoms with Crippen molar-refractivity contribution >= 4 is 0 Å². The third kappa shape index (κ3) is 4.61. The SMILES string of the molecule is CCC(N)(CC)COc1ccc(Cc2ccccc2)cc1. The van der Waals surface area contributed by atoms with Gasteiger partial charge < -0.3 is 10.5 Å². The van der Waals surface area contributed by atoms with E-state index in [2.05, 4.69) is 50.2 Å². The van der Waals surface area contributed by atoms with Crippen LogP contribution in [0.4, 0.5) is 0 Å². The van der Waals surface area contributed by atoms with Gasteiger partial charge >= 0.3 is 0 Å². The zero-order chi connectivity index (χ0) is 15.1. The fraction of sp³-hybridized carbons (Fsp3) is 0.368. The summed E-state index contributed by atoms with van der Waals surface area (Å²) in [5.41, 5.74) is 8.65. The first-order chi connectivity index (χ1) is 10.1. The van der Waals surface area contributed by atoms with Gasteiger partial charge in [-0.2, -0.15) is 0 Å². The predicted molar refractivity (Wildman–Crippen MR) is 88.7 cm³/mol. The highest BCUT2D eigenvalue weighted by molar-refractivity contribution is 5.31. The van der Waals surface area contributed by atoms with Crippen LogP contribution in [0.5, 0.6) is 5.75 Å². The molecular formula is C19H25NO. The lowest BCUT2D eigenvalue weighted by Crippen LogP contribution is -2.44. The Morgan fingerprint density at radius 1 is 0.857 bits per heavy atom. The van der Waals surface area contributed by atoms with E-state index in [-0.39, 0.29) is 5.54 Å². The summed E-state index contributed by atoms with van der Waals surface area (Å²) in [7, 11) is 0. The Hall–Kier alpha value is -1.80. The Balaban J connectivity index is 1.93. The van der Waals surface area contributed by atoms with E-state index in [1.165, 1.54) is 11.1 Å². The lowest BCUT2D eigenvalue weighted by atomic mass is 9.96. The lowest BCUT2D eigenvalue weighted by Gasteiger charge is -2.26. The highest BCUT2D eigenvalue weighted by atomic mass is 16.5. The summed E-state index contributed by atoms with van der Waals surface area (Å²) in [4.78, 5) is 0. The maximum Gasteiger partial charge on any atom is 0.119 e. The van der Waals surface area contributed by atoms with E-state index in [4.69, 9.17) is 10.5 Å². The molecule has 0 aliphatic rings. The lowest BCUT2D eigenvalue weighted by molar-refractivity contribution is 0.207. The smallest absolute Gasteiger partial charge is 0.119 e. The molecule has 21 heavy (non-hydrogen) atoms. The zero-order valence-electron chi connectivity index (χ0n) is 13.0. The van der Waals surface area contributed by atoms with Gasteiger partial charge in [0.15, 0.2) is 0 Å². The molecule has 2 rings (SSSR count). The molecule has 2 N–H and O–H groups in total. The van der Waals surface area contributed by atoms with Crippen LogP contribution in [0.1, 0.15) is 37.8 Å². The van der Waals surface area contributed by atoms with Crippen LogP contribution in [0, 0.1) is 0 Å². The zero-order valence-corrected chi connectivity index (χ0v) is 13.0. The summed E-state index contributed by atoms with van der Waals surface area (Å²) < 4.78 is 5.83. The molecule has 0 atom stereocenters. The second-order valence-corrected chi connectivity index (χ2v) is 5.66. The minimum absolute atomic E-state index is 0.220. The van der Waals surface area contributed by atoms with Gasteiger partial charge in [0, 0.05) is 5.54 Å². The molecule has 0 aliphatic heterocycles. The fourth-order valence-electron chi connectivity index (χ4n) is 2.22. The monoisotopic (exact) mass is 283 g/mol. The van der Waals surface area contributed by atoms with Gasteiger partial charge in [0.1, 0.15) is 12.4 Å². The Kier molecular flexibility index (Phi) is 5.40. The molecule has 0 spiro atoms. The molecule has 0 aliphatic carbocycles. The van der Waals surface area contributed by atoms with E-state index in [0.29, 0.717) is 6.61 Å². The maximum absolute atomic E-state index is 6.25. The average Bonchev–Trinajstić information content (AvgIpc) is 2.55. The molecule has 2 heteroatoms. The van der Waals surface area contributed by atoms with Crippen LogP contribution in [0.2, 0.25) is 0 Å². The van der Waals surface area contributed by atoms with Gasteiger partial charge in [0.05, 0.1) is 0 Å². The van der Waals surface area contributed by atoms with Crippen molar-refractivity contribution in [2.24, 2.45) is 5.73 Å². The van der Waals surface area contributed by atoms with Gasteiger partial charge in [-0.05, 0) is 42.5 Å². The van der Waals surface area contributed by atoms with Crippen molar-refractivity contribution in [1.82, 2.24) is 0 Å². The van der Waals surface area contributed by atoms with E-state index in [0.717, 1.165) is 25.0 Å². The quantitative estimate of drug-likeness (QED) is 0.827. The number of rotatable bonds is 7. The summed E-state index contributed by atoms with van der Waals surface area (Å²) >= 11 is 0. The van der Waals surface area contributed by atoms with E-state index < -0.39 is 0 Å². The van der Waals surface area contributed by atoms with Crippen molar-refractivity contribution in [1.29, 1.82) is 0 Å². The van der Waals surface area contributed by atoms with Crippen molar-refractivity contribution in [2.45, 2.75) is 38.6 Å². The molecule has 2 nitrogen and oxygen atoms in total. The van der Waals surface area contributed by atoms with Crippen molar-refractivity contribution in [3.63, 3.8) is 0 Å². The van der Waals surface area contributed by atoms with Gasteiger partial charge in [-0.1, -0.05) is 56.3 Å². The first-order valence-corrected chi connectivity index (χ1v) is 7.70. The molecule has 0 bridgehead atoms. The minimum Gasteiger partial charge on any atom is -0.492 e. The Morgan fingerprint density at radius 3 is 2.00 bits per heavy atom. The molecule has 112 valence electrons. The van der Waals surface area contributed by atoms with Crippen LogP contribution >= 0.6 is 0 Å². The molecular weight excluding hydrogens is 258 g/mol. The van der Waals surface area contributed by atoms with Gasteiger partial charge in [0.2, 0.25) is 0 Å².